The molecule has 0 unspecified atom stereocenters. The van der Waals surface area contributed by atoms with Crippen molar-refractivity contribution in [3.05, 3.63) is 46.2 Å². The van der Waals surface area contributed by atoms with Crippen LogP contribution in [0, 0.1) is 0 Å². The number of aromatic nitrogens is 3. The van der Waals surface area contributed by atoms with E-state index in [4.69, 9.17) is 4.52 Å². The first-order valence-electron chi connectivity index (χ1n) is 7.96. The molecule has 0 radical (unpaired) electrons. The number of aryl methyl sites for hydroxylation is 2. The molecular formula is C16H16N4O5S. The highest BCUT2D eigenvalue weighted by atomic mass is 32.2. The van der Waals surface area contributed by atoms with Gasteiger partial charge in [-0.25, -0.2) is 17.9 Å². The molecule has 0 bridgehead atoms. The molecule has 10 heteroatoms. The summed E-state index contributed by atoms with van der Waals surface area (Å²) in [5.41, 5.74) is 1.40. The maximum atomic E-state index is 12.6. The lowest BCUT2D eigenvalue weighted by atomic mass is 10.2. The summed E-state index contributed by atoms with van der Waals surface area (Å²) in [6.45, 7) is 0. The fourth-order valence-electron chi connectivity index (χ4n) is 2.96. The number of carbonyl (C=O) groups excluding carboxylic acids is 1. The van der Waals surface area contributed by atoms with Gasteiger partial charge in [0.25, 0.3) is 15.9 Å². The van der Waals surface area contributed by atoms with E-state index in [0.29, 0.717) is 16.7 Å². The number of sulfonamides is 1. The van der Waals surface area contributed by atoms with Crippen LogP contribution in [0.3, 0.4) is 0 Å². The summed E-state index contributed by atoms with van der Waals surface area (Å²) in [6.07, 6.45) is 2.96. The smallest absolute Gasteiger partial charge is 0.328 e. The van der Waals surface area contributed by atoms with Gasteiger partial charge < -0.3 is 4.52 Å². The van der Waals surface area contributed by atoms with Gasteiger partial charge in [-0.3, -0.25) is 13.9 Å². The van der Waals surface area contributed by atoms with Crippen LogP contribution in [0.15, 0.2) is 38.7 Å². The van der Waals surface area contributed by atoms with E-state index in [0.717, 1.165) is 19.1 Å². The molecule has 1 aliphatic rings. The third-order valence-electron chi connectivity index (χ3n) is 4.59. The molecule has 1 N–H and O–H groups in total. The molecule has 1 fully saturated rings. The summed E-state index contributed by atoms with van der Waals surface area (Å²) in [5, 5.41) is 3.80. The van der Waals surface area contributed by atoms with Gasteiger partial charge in [-0.2, -0.15) is 0 Å². The van der Waals surface area contributed by atoms with E-state index in [-0.39, 0.29) is 22.1 Å². The van der Waals surface area contributed by atoms with Crippen LogP contribution in [-0.4, -0.2) is 28.6 Å². The van der Waals surface area contributed by atoms with E-state index in [2.05, 4.69) is 5.16 Å². The molecule has 1 aliphatic carbocycles. The lowest BCUT2D eigenvalue weighted by Gasteiger charge is -2.07. The quantitative estimate of drug-likeness (QED) is 0.722. The van der Waals surface area contributed by atoms with Gasteiger partial charge in [0.15, 0.2) is 0 Å². The normalized spacial score (nSPS) is 14.7. The van der Waals surface area contributed by atoms with Crippen LogP contribution in [0.5, 0.6) is 0 Å². The van der Waals surface area contributed by atoms with Crippen molar-refractivity contribution < 1.29 is 17.7 Å². The highest BCUT2D eigenvalue weighted by Crippen LogP contribution is 2.40. The molecule has 2 aromatic heterocycles. The second kappa shape index (κ2) is 5.56. The van der Waals surface area contributed by atoms with Crippen LogP contribution in [0.1, 0.15) is 34.8 Å². The molecule has 1 saturated carbocycles. The average molecular weight is 376 g/mol. The molecular weight excluding hydrogens is 360 g/mol. The number of benzene rings is 1. The van der Waals surface area contributed by atoms with Gasteiger partial charge in [0.05, 0.1) is 21.6 Å². The molecule has 0 spiro atoms. The molecule has 9 nitrogen and oxygen atoms in total. The van der Waals surface area contributed by atoms with Gasteiger partial charge in [0.1, 0.15) is 11.8 Å². The third-order valence-corrected chi connectivity index (χ3v) is 5.92. The Kier molecular flexibility index (Phi) is 3.55. The van der Waals surface area contributed by atoms with E-state index in [1.54, 1.807) is 14.1 Å². The number of fused-ring (bicyclic) bond motifs is 1. The van der Waals surface area contributed by atoms with Crippen molar-refractivity contribution in [3.8, 4) is 0 Å². The first-order chi connectivity index (χ1) is 12.3. The second-order valence-electron chi connectivity index (χ2n) is 6.37. The van der Waals surface area contributed by atoms with Gasteiger partial charge >= 0.3 is 5.69 Å². The number of amides is 1. The summed E-state index contributed by atoms with van der Waals surface area (Å²) in [5.74, 6) is -0.636. The van der Waals surface area contributed by atoms with Crippen molar-refractivity contribution in [2.75, 3.05) is 0 Å². The molecule has 4 rings (SSSR count). The number of imidazole rings is 1. The van der Waals surface area contributed by atoms with Crippen molar-refractivity contribution in [3.63, 3.8) is 0 Å². The minimum atomic E-state index is -4.11. The summed E-state index contributed by atoms with van der Waals surface area (Å²) in [4.78, 5) is 24.3. The first-order valence-corrected chi connectivity index (χ1v) is 9.45. The summed E-state index contributed by atoms with van der Waals surface area (Å²) >= 11 is 0. The number of nitrogens with zero attached hydrogens (tertiary/aromatic N) is 3. The Morgan fingerprint density at radius 3 is 2.62 bits per heavy atom. The maximum Gasteiger partial charge on any atom is 0.328 e. The maximum absolute atomic E-state index is 12.6. The highest BCUT2D eigenvalue weighted by molar-refractivity contribution is 7.90. The van der Waals surface area contributed by atoms with Gasteiger partial charge in [-0.1, -0.05) is 5.16 Å². The van der Waals surface area contributed by atoms with Crippen LogP contribution in [-0.2, 0) is 24.1 Å². The van der Waals surface area contributed by atoms with E-state index in [1.165, 1.54) is 27.3 Å². The predicted molar refractivity (Wildman–Crippen MR) is 91.3 cm³/mol. The lowest BCUT2D eigenvalue weighted by Crippen LogP contribution is -2.31. The molecule has 26 heavy (non-hydrogen) atoms. The Morgan fingerprint density at radius 1 is 1.23 bits per heavy atom. The van der Waals surface area contributed by atoms with Crippen molar-refractivity contribution in [1.29, 1.82) is 0 Å². The number of hydrogen-bond donors (Lipinski definition) is 1. The molecule has 1 amide bonds. The Bertz CT molecular complexity index is 1200. The predicted octanol–water partition coefficient (Wildman–Crippen LogP) is 0.861. The standard InChI is InChI=1S/C16H16N4O5S/c1-19-12-6-5-10(7-13(12)20(2)16(19)22)26(23,24)18-15(21)11-8-25-17-14(11)9-3-4-9/h5-9H,3-4H2,1-2H3,(H,18,21). The van der Waals surface area contributed by atoms with E-state index in [9.17, 15) is 18.0 Å². The number of carbonyl (C=O) groups is 1. The SMILES string of the molecule is Cn1c(=O)n(C)c2cc(S(=O)(=O)NC(=O)c3conc3C3CC3)ccc21. The summed E-state index contributed by atoms with van der Waals surface area (Å²) in [7, 11) is -0.956. The van der Waals surface area contributed by atoms with Crippen LogP contribution < -0.4 is 10.4 Å². The molecule has 0 aliphatic heterocycles. The van der Waals surface area contributed by atoms with Crippen molar-refractivity contribution in [2.45, 2.75) is 23.7 Å². The van der Waals surface area contributed by atoms with E-state index in [1.807, 2.05) is 4.72 Å². The Balaban J connectivity index is 1.69. The lowest BCUT2D eigenvalue weighted by molar-refractivity contribution is 0.0980. The Labute approximate surface area is 148 Å². The fraction of sp³-hybridized carbons (Fsp3) is 0.312. The van der Waals surface area contributed by atoms with Crippen LogP contribution in [0.2, 0.25) is 0 Å². The average Bonchev–Trinajstić information content (AvgIpc) is 3.30. The zero-order valence-corrected chi connectivity index (χ0v) is 14.9. The third kappa shape index (κ3) is 2.53. The number of rotatable bonds is 4. The number of hydrogen-bond acceptors (Lipinski definition) is 6. The second-order valence-corrected chi connectivity index (χ2v) is 8.06. The molecule has 0 saturated heterocycles. The first kappa shape index (κ1) is 16.6. The fourth-order valence-corrected chi connectivity index (χ4v) is 3.94. The van der Waals surface area contributed by atoms with Gasteiger partial charge in [0.2, 0.25) is 0 Å². The molecule has 3 aromatic rings. The number of nitrogens with one attached hydrogen (secondary N) is 1. The van der Waals surface area contributed by atoms with Crippen LogP contribution in [0.4, 0.5) is 0 Å². The van der Waals surface area contributed by atoms with Crippen molar-refractivity contribution in [2.24, 2.45) is 14.1 Å². The van der Waals surface area contributed by atoms with Crippen molar-refractivity contribution >= 4 is 27.0 Å². The Morgan fingerprint density at radius 2 is 1.92 bits per heavy atom. The van der Waals surface area contributed by atoms with Crippen LogP contribution in [0.25, 0.3) is 11.0 Å². The zero-order chi connectivity index (χ0) is 18.6. The Hall–Kier alpha value is -2.88. The van der Waals surface area contributed by atoms with Gasteiger partial charge in [-0.05, 0) is 31.0 Å². The summed E-state index contributed by atoms with van der Waals surface area (Å²) < 4.78 is 34.9. The molecule has 1 aromatic carbocycles. The minimum Gasteiger partial charge on any atom is -0.364 e. The zero-order valence-electron chi connectivity index (χ0n) is 14.1. The summed E-state index contributed by atoms with van der Waals surface area (Å²) in [6, 6.07) is 4.25. The van der Waals surface area contributed by atoms with E-state index < -0.39 is 15.9 Å². The highest BCUT2D eigenvalue weighted by Gasteiger charge is 2.33. The molecule has 136 valence electrons. The topological polar surface area (TPSA) is 116 Å². The van der Waals surface area contributed by atoms with Crippen molar-refractivity contribution in [1.82, 2.24) is 19.0 Å². The largest absolute Gasteiger partial charge is 0.364 e. The van der Waals surface area contributed by atoms with E-state index >= 15 is 0 Å². The molecule has 2 heterocycles. The monoisotopic (exact) mass is 376 g/mol. The van der Waals surface area contributed by atoms with Gasteiger partial charge in [-0.15, -0.1) is 0 Å². The van der Waals surface area contributed by atoms with Crippen LogP contribution >= 0.6 is 0 Å². The van der Waals surface area contributed by atoms with Gasteiger partial charge in [0, 0.05) is 20.0 Å². The molecule has 0 atom stereocenters. The minimum absolute atomic E-state index is 0.107.